The topological polar surface area (TPSA) is 212 Å². The number of nitrogens with zero attached hydrogens (tertiary/aromatic N) is 2. The fraction of sp³-hybridized carbons (Fsp3) is 0.100. The number of amides is 2. The molecule has 0 saturated heterocycles. The molecule has 13 nitrogen and oxygen atoms in total. The zero-order valence-corrected chi connectivity index (χ0v) is 22.7. The summed E-state index contributed by atoms with van der Waals surface area (Å²) >= 11 is 0. The largest absolute Gasteiger partial charge is 1.00 e. The SMILES string of the molecule is CC(=O)Nc1ccc(N=Nc2c(S(=O)(=O)O)cc3cc(S(=O)(=O)O)cc(NC(C)=O)c3c2O)cc1.[Na+]. The summed E-state index contributed by atoms with van der Waals surface area (Å²) in [7, 11) is -9.81. The molecule has 0 aliphatic rings. The van der Waals surface area contributed by atoms with E-state index in [2.05, 4.69) is 20.9 Å². The molecule has 3 aromatic carbocycles. The van der Waals surface area contributed by atoms with Gasteiger partial charge in [0.15, 0.2) is 5.75 Å². The number of rotatable bonds is 6. The van der Waals surface area contributed by atoms with Crippen LogP contribution >= 0.6 is 0 Å². The molecule has 184 valence electrons. The first kappa shape index (κ1) is 29.3. The maximum absolute atomic E-state index is 12.0. The molecule has 0 unspecified atom stereocenters. The zero-order valence-electron chi connectivity index (χ0n) is 19.0. The predicted octanol–water partition coefficient (Wildman–Crippen LogP) is 0.375. The third-order valence-corrected chi connectivity index (χ3v) is 6.16. The van der Waals surface area contributed by atoms with Crippen LogP contribution in [0.4, 0.5) is 22.7 Å². The fourth-order valence-electron chi connectivity index (χ4n) is 3.11. The van der Waals surface area contributed by atoms with E-state index < -0.39 is 47.4 Å². The maximum Gasteiger partial charge on any atom is 1.00 e. The van der Waals surface area contributed by atoms with Crippen LogP contribution in [0.3, 0.4) is 0 Å². The number of phenols is 1. The molecular formula is C20H18N4NaO9S2+. The molecule has 0 aliphatic heterocycles. The van der Waals surface area contributed by atoms with E-state index >= 15 is 0 Å². The number of anilines is 2. The number of nitrogens with one attached hydrogen (secondary N) is 2. The Balaban J connectivity index is 0.00000456. The summed E-state index contributed by atoms with van der Waals surface area (Å²) in [6, 6.07) is 8.34. The Kier molecular flexibility index (Phi) is 8.96. The molecule has 0 radical (unpaired) electrons. The van der Waals surface area contributed by atoms with Gasteiger partial charge >= 0.3 is 29.6 Å². The standard InChI is InChI=1S/C20H18N4O9S2.Na/c1-10(25)21-13-3-5-14(6-4-13)23-24-19-17(35(31,32)33)8-12-7-15(34(28,29)30)9-16(22-11(2)26)18(12)20(19)27;/h3-9,27H,1-2H3,(H,21,25)(H,22,26)(H,28,29,30)(H,31,32,33);/q;+1. The maximum atomic E-state index is 12.0. The Morgan fingerprint density at radius 3 is 1.92 bits per heavy atom. The molecule has 3 rings (SSSR count). The number of carbonyl (C=O) groups is 2. The number of hydrogen-bond donors (Lipinski definition) is 5. The summed E-state index contributed by atoms with van der Waals surface area (Å²) < 4.78 is 66.4. The van der Waals surface area contributed by atoms with E-state index in [0.717, 1.165) is 25.1 Å². The van der Waals surface area contributed by atoms with E-state index in [4.69, 9.17) is 0 Å². The average Bonchev–Trinajstić information content (AvgIpc) is 2.71. The van der Waals surface area contributed by atoms with Gasteiger partial charge in [0, 0.05) is 24.9 Å². The summed E-state index contributed by atoms with van der Waals surface area (Å²) in [5, 5.41) is 22.8. The third-order valence-electron chi connectivity index (χ3n) is 4.46. The Morgan fingerprint density at radius 1 is 0.833 bits per heavy atom. The summed E-state index contributed by atoms with van der Waals surface area (Å²) in [5.41, 5.74) is -0.336. The molecule has 0 atom stereocenters. The Morgan fingerprint density at radius 2 is 1.42 bits per heavy atom. The van der Waals surface area contributed by atoms with Crippen molar-refractivity contribution >= 4 is 65.6 Å². The molecular weight excluding hydrogens is 527 g/mol. The van der Waals surface area contributed by atoms with Crippen LogP contribution in [0.15, 0.2) is 62.5 Å². The van der Waals surface area contributed by atoms with E-state index in [1.54, 1.807) is 0 Å². The van der Waals surface area contributed by atoms with Crippen molar-refractivity contribution in [3.63, 3.8) is 0 Å². The van der Waals surface area contributed by atoms with Crippen molar-refractivity contribution in [2.75, 3.05) is 10.6 Å². The first-order valence-corrected chi connectivity index (χ1v) is 12.4. The summed E-state index contributed by atoms with van der Waals surface area (Å²) in [6.07, 6.45) is 0. The second-order valence-electron chi connectivity index (χ2n) is 7.20. The molecule has 0 aromatic heterocycles. The van der Waals surface area contributed by atoms with Gasteiger partial charge in [-0.05, 0) is 47.9 Å². The van der Waals surface area contributed by atoms with Gasteiger partial charge in [-0.3, -0.25) is 18.7 Å². The molecule has 0 aliphatic carbocycles. The van der Waals surface area contributed by atoms with Crippen molar-refractivity contribution in [3.8, 4) is 5.75 Å². The number of benzene rings is 3. The molecule has 2 amide bonds. The van der Waals surface area contributed by atoms with Gasteiger partial charge < -0.3 is 15.7 Å². The van der Waals surface area contributed by atoms with E-state index in [1.165, 1.54) is 31.2 Å². The molecule has 0 fully saturated rings. The van der Waals surface area contributed by atoms with Gasteiger partial charge in [0.1, 0.15) is 10.6 Å². The summed E-state index contributed by atoms with van der Waals surface area (Å²) in [4.78, 5) is 21.1. The van der Waals surface area contributed by atoms with Gasteiger partial charge in [-0.25, -0.2) is 0 Å². The van der Waals surface area contributed by atoms with Crippen molar-refractivity contribution in [2.45, 2.75) is 23.6 Å². The van der Waals surface area contributed by atoms with Crippen LogP contribution in [0.25, 0.3) is 10.8 Å². The molecule has 0 heterocycles. The normalized spacial score (nSPS) is 11.8. The Labute approximate surface area is 227 Å². The van der Waals surface area contributed by atoms with Crippen LogP contribution in [-0.4, -0.2) is 42.9 Å². The van der Waals surface area contributed by atoms with Gasteiger partial charge in [0.25, 0.3) is 20.2 Å². The van der Waals surface area contributed by atoms with E-state index in [9.17, 15) is 40.6 Å². The minimum absolute atomic E-state index is 0. The van der Waals surface area contributed by atoms with Gasteiger partial charge in [0.05, 0.1) is 16.3 Å². The van der Waals surface area contributed by atoms with Crippen molar-refractivity contribution < 1.29 is 70.2 Å². The average molecular weight is 546 g/mol. The van der Waals surface area contributed by atoms with Gasteiger partial charge in [-0.1, -0.05) is 0 Å². The first-order chi connectivity index (χ1) is 16.2. The molecule has 0 saturated carbocycles. The number of azo groups is 1. The second-order valence-corrected chi connectivity index (χ2v) is 10.0. The number of phenolic OH excluding ortho intramolecular Hbond substituents is 1. The smallest absolute Gasteiger partial charge is 0.505 e. The van der Waals surface area contributed by atoms with E-state index in [1.807, 2.05) is 0 Å². The molecule has 0 bridgehead atoms. The first-order valence-electron chi connectivity index (χ1n) is 9.52. The number of aromatic hydroxyl groups is 1. The van der Waals surface area contributed by atoms with Gasteiger partial charge in [0.2, 0.25) is 11.8 Å². The van der Waals surface area contributed by atoms with Crippen LogP contribution in [0.1, 0.15) is 13.8 Å². The van der Waals surface area contributed by atoms with Crippen LogP contribution in [0, 0.1) is 0 Å². The monoisotopic (exact) mass is 545 g/mol. The Bertz CT molecular complexity index is 1600. The number of carbonyl (C=O) groups excluding carboxylic acids is 2. The van der Waals surface area contributed by atoms with Crippen molar-refractivity contribution in [1.82, 2.24) is 0 Å². The molecule has 36 heavy (non-hydrogen) atoms. The van der Waals surface area contributed by atoms with Gasteiger partial charge in [-0.2, -0.15) is 21.9 Å². The minimum Gasteiger partial charge on any atom is -0.505 e. The molecule has 5 N–H and O–H groups in total. The predicted molar refractivity (Wildman–Crippen MR) is 124 cm³/mol. The minimum atomic E-state index is -5.02. The van der Waals surface area contributed by atoms with Gasteiger partial charge in [-0.15, -0.1) is 5.11 Å². The van der Waals surface area contributed by atoms with Crippen LogP contribution < -0.4 is 40.2 Å². The number of hydrogen-bond acceptors (Lipinski definition) is 9. The van der Waals surface area contributed by atoms with E-state index in [0.29, 0.717) is 5.69 Å². The summed E-state index contributed by atoms with van der Waals surface area (Å²) in [5.74, 6) is -1.82. The van der Waals surface area contributed by atoms with Crippen molar-refractivity contribution in [1.29, 1.82) is 0 Å². The van der Waals surface area contributed by atoms with E-state index in [-0.39, 0.29) is 57.6 Å². The van der Waals surface area contributed by atoms with Crippen LogP contribution in [0.2, 0.25) is 0 Å². The fourth-order valence-corrected chi connectivity index (χ4v) is 4.31. The van der Waals surface area contributed by atoms with Crippen LogP contribution in [-0.2, 0) is 29.8 Å². The Hall–Kier alpha value is -2.92. The second kappa shape index (κ2) is 11.0. The molecule has 16 heteroatoms. The molecule has 0 spiro atoms. The zero-order chi connectivity index (χ0) is 26.1. The van der Waals surface area contributed by atoms with Crippen LogP contribution in [0.5, 0.6) is 5.75 Å². The van der Waals surface area contributed by atoms with Crippen molar-refractivity contribution in [2.24, 2.45) is 10.2 Å². The quantitative estimate of drug-likeness (QED) is 0.164. The molecule has 3 aromatic rings. The van der Waals surface area contributed by atoms with Crippen molar-refractivity contribution in [3.05, 3.63) is 42.5 Å². The number of fused-ring (bicyclic) bond motifs is 1. The summed E-state index contributed by atoms with van der Waals surface area (Å²) in [6.45, 7) is 2.42. The third kappa shape index (κ3) is 6.85.